The van der Waals surface area contributed by atoms with Crippen LogP contribution in [0, 0.1) is 0 Å². The second kappa shape index (κ2) is 14.8. The monoisotopic (exact) mass is 715 g/mol. The maximum atomic E-state index is 6.43. The van der Waals surface area contributed by atoms with Gasteiger partial charge in [0.1, 0.15) is 11.2 Å². The highest BCUT2D eigenvalue weighted by Gasteiger charge is 2.21. The van der Waals surface area contributed by atoms with Gasteiger partial charge in [0.25, 0.3) is 0 Å². The van der Waals surface area contributed by atoms with Crippen LogP contribution in [0.5, 0.6) is 0 Å². The van der Waals surface area contributed by atoms with E-state index in [0.717, 1.165) is 86.3 Å². The average Bonchev–Trinajstić information content (AvgIpc) is 3.59. The van der Waals surface area contributed by atoms with Gasteiger partial charge in [0, 0.05) is 32.6 Å². The average molecular weight is 716 g/mol. The molecule has 2 nitrogen and oxygen atoms in total. The minimum Gasteiger partial charge on any atom is -0.456 e. The molecule has 0 amide bonds. The number of thioether (sulfide) groups is 1. The van der Waals surface area contributed by atoms with Gasteiger partial charge in [-0.1, -0.05) is 128 Å². The zero-order valence-electron chi connectivity index (χ0n) is 30.5. The lowest BCUT2D eigenvalue weighted by Gasteiger charge is -2.28. The molecule has 9 rings (SSSR count). The van der Waals surface area contributed by atoms with Crippen LogP contribution in [-0.4, -0.2) is 0 Å². The number of fused-ring (bicyclic) bond motifs is 6. The van der Waals surface area contributed by atoms with E-state index in [9.17, 15) is 0 Å². The molecular weight excluding hydrogens is 675 g/mol. The summed E-state index contributed by atoms with van der Waals surface area (Å²) in [5.41, 5.74) is 16.0. The van der Waals surface area contributed by atoms with Crippen molar-refractivity contribution in [3.05, 3.63) is 197 Å². The normalized spacial score (nSPS) is 16.9. The molecule has 0 bridgehead atoms. The molecule has 2 heterocycles. The highest BCUT2D eigenvalue weighted by molar-refractivity contribution is 8.02. The Bertz CT molecular complexity index is 2650. The summed E-state index contributed by atoms with van der Waals surface area (Å²) in [6, 6.07) is 35.4. The summed E-state index contributed by atoms with van der Waals surface area (Å²) in [6.45, 7) is 6.66. The number of rotatable bonds is 7. The van der Waals surface area contributed by atoms with Crippen LogP contribution in [0.1, 0.15) is 54.0 Å². The highest BCUT2D eigenvalue weighted by atomic mass is 32.2. The van der Waals surface area contributed by atoms with Crippen molar-refractivity contribution in [3.8, 4) is 11.1 Å². The summed E-state index contributed by atoms with van der Waals surface area (Å²) in [4.78, 5) is 3.53. The van der Waals surface area contributed by atoms with Gasteiger partial charge in [-0.2, -0.15) is 0 Å². The number of hydrogen-bond acceptors (Lipinski definition) is 3. The molecule has 0 atom stereocenters. The molecule has 0 radical (unpaired) electrons. The van der Waals surface area contributed by atoms with E-state index in [4.69, 9.17) is 4.42 Å². The van der Waals surface area contributed by atoms with Crippen molar-refractivity contribution in [3.63, 3.8) is 0 Å². The quantitative estimate of drug-likeness (QED) is 0.153. The fraction of sp³-hybridized carbons (Fsp3) is 0.0980. The Morgan fingerprint density at radius 2 is 1.63 bits per heavy atom. The number of anilines is 2. The number of hydrogen-bond donors (Lipinski definition) is 0. The minimum atomic E-state index is 0.873. The number of allylic oxidation sites excluding steroid dienone is 11. The van der Waals surface area contributed by atoms with Crippen molar-refractivity contribution in [2.45, 2.75) is 37.5 Å². The van der Waals surface area contributed by atoms with Gasteiger partial charge in [-0.15, -0.1) is 0 Å². The van der Waals surface area contributed by atoms with Gasteiger partial charge < -0.3 is 9.32 Å². The van der Waals surface area contributed by atoms with Crippen LogP contribution in [0.2, 0.25) is 0 Å². The Morgan fingerprint density at radius 3 is 2.50 bits per heavy atom. The van der Waals surface area contributed by atoms with Crippen molar-refractivity contribution in [2.75, 3.05) is 4.90 Å². The van der Waals surface area contributed by atoms with E-state index in [1.165, 1.54) is 33.4 Å². The molecule has 5 aromatic carbocycles. The SMILES string of the molecule is C=C1/C=C\C(N(c2ccc(C3=CCCC=C3)cc2)c2cccc(-c3cccc4c3CCC=C4)c2)=C/Sc2ccc3oc4cc(/C=C\C=C/C)ccc4c3c21. The Balaban J connectivity index is 1.14. The topological polar surface area (TPSA) is 16.4 Å². The van der Waals surface area contributed by atoms with Crippen molar-refractivity contribution in [1.29, 1.82) is 0 Å². The van der Waals surface area contributed by atoms with Crippen LogP contribution in [-0.2, 0) is 6.42 Å². The van der Waals surface area contributed by atoms with Crippen molar-refractivity contribution >= 4 is 68.4 Å². The predicted molar refractivity (Wildman–Crippen MR) is 234 cm³/mol. The summed E-state index contributed by atoms with van der Waals surface area (Å²) in [6.07, 6.45) is 28.3. The van der Waals surface area contributed by atoms with Crippen LogP contribution in [0.4, 0.5) is 11.4 Å². The van der Waals surface area contributed by atoms with Gasteiger partial charge in [-0.25, -0.2) is 0 Å². The molecule has 1 aliphatic heterocycles. The highest BCUT2D eigenvalue weighted by Crippen LogP contribution is 2.44. The first-order valence-electron chi connectivity index (χ1n) is 18.8. The second-order valence-corrected chi connectivity index (χ2v) is 14.9. The predicted octanol–water partition coefficient (Wildman–Crippen LogP) is 14.9. The Kier molecular flexibility index (Phi) is 9.24. The van der Waals surface area contributed by atoms with E-state index in [1.54, 1.807) is 11.8 Å². The Hall–Kier alpha value is -6.03. The van der Waals surface area contributed by atoms with E-state index in [1.807, 2.05) is 19.1 Å². The van der Waals surface area contributed by atoms with E-state index < -0.39 is 0 Å². The summed E-state index contributed by atoms with van der Waals surface area (Å²) >= 11 is 1.74. The lowest BCUT2D eigenvalue weighted by atomic mass is 9.89. The lowest BCUT2D eigenvalue weighted by molar-refractivity contribution is 0.668. The summed E-state index contributed by atoms with van der Waals surface area (Å²) in [7, 11) is 0. The zero-order valence-corrected chi connectivity index (χ0v) is 31.3. The number of furan rings is 1. The molecular formula is C51H41NOS. The Labute approximate surface area is 322 Å². The van der Waals surface area contributed by atoms with Gasteiger partial charge >= 0.3 is 0 Å². The molecule has 0 spiro atoms. The van der Waals surface area contributed by atoms with E-state index in [2.05, 4.69) is 169 Å². The molecule has 0 unspecified atom stereocenters. The smallest absolute Gasteiger partial charge is 0.136 e. The molecule has 0 saturated heterocycles. The van der Waals surface area contributed by atoms with Crippen LogP contribution in [0.15, 0.2) is 179 Å². The summed E-state index contributed by atoms with van der Waals surface area (Å²) in [5, 5.41) is 4.49. The Morgan fingerprint density at radius 1 is 0.741 bits per heavy atom. The summed E-state index contributed by atoms with van der Waals surface area (Å²) < 4.78 is 6.43. The molecule has 1 aromatic heterocycles. The van der Waals surface area contributed by atoms with Gasteiger partial charge in [0.15, 0.2) is 0 Å². The standard InChI is InChI=1S/C51H41NOS/c1-3-4-6-13-36-23-29-46-48(32-36)53-47-30-31-49-50(51(46)47)35(2)22-26-43(34-54-49)52(41-27-24-38(25-28-41)37-14-7-5-8-15-37)42-19-11-18-40(33-42)45-21-12-17-39-16-9-10-20-44(39)45/h3-4,6-7,9,11-19,21-34H,2,5,8,10,20H2,1H3/b4-3-,13-6-,26-22-,43-34+. The first-order valence-corrected chi connectivity index (χ1v) is 19.7. The van der Waals surface area contributed by atoms with Gasteiger partial charge in [-0.05, 0) is 137 Å². The van der Waals surface area contributed by atoms with Crippen LogP contribution in [0.3, 0.4) is 0 Å². The molecule has 3 heteroatoms. The first-order chi connectivity index (χ1) is 26.6. The molecule has 0 fully saturated rings. The van der Waals surface area contributed by atoms with Gasteiger partial charge in [0.2, 0.25) is 0 Å². The van der Waals surface area contributed by atoms with Gasteiger partial charge in [0.05, 0.1) is 5.70 Å². The fourth-order valence-electron chi connectivity index (χ4n) is 7.86. The summed E-state index contributed by atoms with van der Waals surface area (Å²) in [5.74, 6) is 0. The van der Waals surface area contributed by atoms with Crippen molar-refractivity contribution in [1.82, 2.24) is 0 Å². The molecule has 0 saturated carbocycles. The van der Waals surface area contributed by atoms with Gasteiger partial charge in [-0.3, -0.25) is 0 Å². The van der Waals surface area contributed by atoms with E-state index in [0.29, 0.717) is 0 Å². The van der Waals surface area contributed by atoms with E-state index in [-0.39, 0.29) is 0 Å². The first kappa shape index (κ1) is 33.8. The fourth-order valence-corrected chi connectivity index (χ4v) is 8.79. The molecule has 0 N–H and O–H groups in total. The largest absolute Gasteiger partial charge is 0.456 e. The van der Waals surface area contributed by atoms with Crippen molar-refractivity contribution < 1.29 is 4.42 Å². The lowest BCUT2D eigenvalue weighted by Crippen LogP contribution is -2.15. The zero-order chi connectivity index (χ0) is 36.4. The third kappa shape index (κ3) is 6.46. The van der Waals surface area contributed by atoms with Crippen LogP contribution in [0.25, 0.3) is 56.4 Å². The molecule has 3 aliphatic rings. The third-order valence-electron chi connectivity index (χ3n) is 10.5. The maximum Gasteiger partial charge on any atom is 0.136 e. The third-order valence-corrected chi connectivity index (χ3v) is 11.5. The molecule has 54 heavy (non-hydrogen) atoms. The maximum absolute atomic E-state index is 6.43. The van der Waals surface area contributed by atoms with Crippen LogP contribution < -0.4 is 4.90 Å². The van der Waals surface area contributed by atoms with E-state index >= 15 is 0 Å². The number of nitrogens with zero attached hydrogens (tertiary/aromatic N) is 1. The number of benzene rings is 5. The van der Waals surface area contributed by atoms with Crippen LogP contribution >= 0.6 is 11.8 Å². The molecule has 262 valence electrons. The minimum absolute atomic E-state index is 0.873. The molecule has 2 aliphatic carbocycles. The van der Waals surface area contributed by atoms with Crippen molar-refractivity contribution in [2.24, 2.45) is 0 Å². The second-order valence-electron chi connectivity index (χ2n) is 14.0. The molecule has 6 aromatic rings.